The number of nitrogens with zero attached hydrogens (tertiary/aromatic N) is 1. The Morgan fingerprint density at radius 3 is 2.20 bits per heavy atom. The Labute approximate surface area is 153 Å². The molecule has 0 aliphatic rings. The fourth-order valence-electron chi connectivity index (χ4n) is 2.81. The molecule has 0 saturated heterocycles. The van der Waals surface area contributed by atoms with Crippen LogP contribution in [-0.2, 0) is 13.0 Å². The predicted molar refractivity (Wildman–Crippen MR) is 106 cm³/mol. The van der Waals surface area contributed by atoms with Crippen LogP contribution >= 0.6 is 0 Å². The van der Waals surface area contributed by atoms with E-state index in [2.05, 4.69) is 48.3 Å². The summed E-state index contributed by atoms with van der Waals surface area (Å²) in [4.78, 5) is 2.45. The number of para-hydroxylation sites is 1. The van der Waals surface area contributed by atoms with Crippen LogP contribution in [-0.4, -0.2) is 37.6 Å². The quantitative estimate of drug-likeness (QED) is 0.588. The molecule has 0 bridgehead atoms. The number of hydrogen-bond donors (Lipinski definition) is 1. The number of rotatable bonds is 12. The first kappa shape index (κ1) is 19.5. The lowest BCUT2D eigenvalue weighted by molar-refractivity contribution is 0.302. The molecule has 0 spiro atoms. The van der Waals surface area contributed by atoms with Gasteiger partial charge in [-0.3, -0.25) is 0 Å². The van der Waals surface area contributed by atoms with Crippen molar-refractivity contribution >= 4 is 0 Å². The second-order valence-corrected chi connectivity index (χ2v) is 6.30. The van der Waals surface area contributed by atoms with Crippen molar-refractivity contribution in [3.63, 3.8) is 0 Å². The van der Waals surface area contributed by atoms with Gasteiger partial charge in [0.15, 0.2) is 0 Å². The molecule has 0 saturated carbocycles. The third-order valence-electron chi connectivity index (χ3n) is 4.49. The third-order valence-corrected chi connectivity index (χ3v) is 4.49. The maximum absolute atomic E-state index is 5.78. The molecule has 3 heteroatoms. The van der Waals surface area contributed by atoms with Crippen LogP contribution < -0.4 is 10.1 Å². The van der Waals surface area contributed by atoms with Crippen molar-refractivity contribution in [3.05, 3.63) is 65.7 Å². The fraction of sp³-hybridized carbons (Fsp3) is 0.455. The number of hydrogen-bond acceptors (Lipinski definition) is 3. The van der Waals surface area contributed by atoms with Gasteiger partial charge in [-0.05, 0) is 55.7 Å². The Morgan fingerprint density at radius 2 is 1.52 bits per heavy atom. The third kappa shape index (κ3) is 7.72. The minimum absolute atomic E-state index is 0.622. The summed E-state index contributed by atoms with van der Waals surface area (Å²) >= 11 is 0. The molecule has 1 N–H and O–H groups in total. The summed E-state index contributed by atoms with van der Waals surface area (Å²) in [5.74, 6) is 0.919. The van der Waals surface area contributed by atoms with Crippen LogP contribution in [0.5, 0.6) is 5.75 Å². The molecule has 2 rings (SSSR count). The lowest BCUT2D eigenvalue weighted by Gasteiger charge is -2.17. The lowest BCUT2D eigenvalue weighted by atomic mass is 10.1. The Morgan fingerprint density at radius 1 is 0.840 bits per heavy atom. The molecule has 2 aromatic carbocycles. The standard InChI is InChI=1S/C22H32N2O/c1-3-24(4-2)18-17-23-16-8-9-20-12-14-21(15-13-20)19-25-22-10-6-5-7-11-22/h5-7,10-15,23H,3-4,8-9,16-19H2,1-2H3. The van der Waals surface area contributed by atoms with Crippen LogP contribution in [0.15, 0.2) is 54.6 Å². The van der Waals surface area contributed by atoms with Gasteiger partial charge in [-0.15, -0.1) is 0 Å². The van der Waals surface area contributed by atoms with Crippen molar-refractivity contribution in [2.75, 3.05) is 32.7 Å². The molecule has 25 heavy (non-hydrogen) atoms. The van der Waals surface area contributed by atoms with Gasteiger partial charge >= 0.3 is 0 Å². The van der Waals surface area contributed by atoms with E-state index in [-0.39, 0.29) is 0 Å². The molecular formula is C22H32N2O. The normalized spacial score (nSPS) is 11.0. The number of benzene rings is 2. The highest BCUT2D eigenvalue weighted by Gasteiger charge is 1.99. The molecule has 3 nitrogen and oxygen atoms in total. The molecule has 0 aliphatic heterocycles. The molecule has 0 atom stereocenters. The lowest BCUT2D eigenvalue weighted by Crippen LogP contribution is -2.32. The predicted octanol–water partition coefficient (Wildman–Crippen LogP) is 4.13. The molecule has 0 amide bonds. The van der Waals surface area contributed by atoms with Crippen LogP contribution in [0, 0.1) is 0 Å². The van der Waals surface area contributed by atoms with Crippen LogP contribution in [0.25, 0.3) is 0 Å². The molecule has 0 radical (unpaired) electrons. The van der Waals surface area contributed by atoms with Gasteiger partial charge in [-0.2, -0.15) is 0 Å². The van der Waals surface area contributed by atoms with Crippen molar-refractivity contribution in [2.24, 2.45) is 0 Å². The summed E-state index contributed by atoms with van der Waals surface area (Å²) in [7, 11) is 0. The van der Waals surface area contributed by atoms with Gasteiger partial charge in [-0.25, -0.2) is 0 Å². The van der Waals surface area contributed by atoms with Crippen molar-refractivity contribution < 1.29 is 4.74 Å². The van der Waals surface area contributed by atoms with Crippen LogP contribution in [0.2, 0.25) is 0 Å². The topological polar surface area (TPSA) is 24.5 Å². The Hall–Kier alpha value is -1.84. The fourth-order valence-corrected chi connectivity index (χ4v) is 2.81. The highest BCUT2D eigenvalue weighted by atomic mass is 16.5. The first-order valence-corrected chi connectivity index (χ1v) is 9.50. The van der Waals surface area contributed by atoms with Gasteiger partial charge in [0.2, 0.25) is 0 Å². The number of aryl methyl sites for hydroxylation is 1. The molecule has 2 aromatic rings. The van der Waals surface area contributed by atoms with E-state index in [0.717, 1.165) is 44.9 Å². The Bertz CT molecular complexity index is 564. The van der Waals surface area contributed by atoms with E-state index in [9.17, 15) is 0 Å². The molecule has 0 heterocycles. The monoisotopic (exact) mass is 340 g/mol. The highest BCUT2D eigenvalue weighted by Crippen LogP contribution is 2.12. The second-order valence-electron chi connectivity index (χ2n) is 6.30. The van der Waals surface area contributed by atoms with Crippen LogP contribution in [0.3, 0.4) is 0 Å². The molecular weight excluding hydrogens is 308 g/mol. The Kier molecular flexibility index (Phi) is 9.09. The average molecular weight is 341 g/mol. The molecule has 136 valence electrons. The van der Waals surface area contributed by atoms with E-state index in [0.29, 0.717) is 6.61 Å². The minimum Gasteiger partial charge on any atom is -0.489 e. The summed E-state index contributed by atoms with van der Waals surface area (Å²) in [5.41, 5.74) is 2.61. The van der Waals surface area contributed by atoms with Gasteiger partial charge in [0, 0.05) is 13.1 Å². The number of nitrogens with one attached hydrogen (secondary N) is 1. The first-order valence-electron chi connectivity index (χ1n) is 9.50. The largest absolute Gasteiger partial charge is 0.489 e. The van der Waals surface area contributed by atoms with Crippen LogP contribution in [0.4, 0.5) is 0 Å². The summed E-state index contributed by atoms with van der Waals surface area (Å²) in [5, 5.41) is 3.54. The summed E-state index contributed by atoms with van der Waals surface area (Å²) in [6, 6.07) is 18.8. The SMILES string of the molecule is CCN(CC)CCNCCCc1ccc(COc2ccccc2)cc1. The van der Waals surface area contributed by atoms with E-state index in [1.165, 1.54) is 17.5 Å². The summed E-state index contributed by atoms with van der Waals surface area (Å²) in [6.07, 6.45) is 2.30. The Balaban J connectivity index is 1.60. The van der Waals surface area contributed by atoms with Crippen molar-refractivity contribution in [1.29, 1.82) is 0 Å². The van der Waals surface area contributed by atoms with Gasteiger partial charge < -0.3 is 15.0 Å². The van der Waals surface area contributed by atoms with Gasteiger partial charge in [-0.1, -0.05) is 56.3 Å². The summed E-state index contributed by atoms with van der Waals surface area (Å²) < 4.78 is 5.78. The molecule has 0 fully saturated rings. The first-order chi connectivity index (χ1) is 12.3. The van der Waals surface area contributed by atoms with E-state index in [4.69, 9.17) is 4.74 Å². The van der Waals surface area contributed by atoms with Crippen molar-refractivity contribution in [1.82, 2.24) is 10.2 Å². The molecule has 0 aromatic heterocycles. The zero-order chi connectivity index (χ0) is 17.7. The van der Waals surface area contributed by atoms with Crippen LogP contribution in [0.1, 0.15) is 31.4 Å². The van der Waals surface area contributed by atoms with Crippen molar-refractivity contribution in [3.8, 4) is 5.75 Å². The van der Waals surface area contributed by atoms with Crippen molar-refractivity contribution in [2.45, 2.75) is 33.3 Å². The van der Waals surface area contributed by atoms with Gasteiger partial charge in [0.1, 0.15) is 12.4 Å². The molecule has 0 aliphatic carbocycles. The number of ether oxygens (including phenoxy) is 1. The smallest absolute Gasteiger partial charge is 0.119 e. The van der Waals surface area contributed by atoms with E-state index < -0.39 is 0 Å². The van der Waals surface area contributed by atoms with E-state index in [1.807, 2.05) is 30.3 Å². The molecule has 0 unspecified atom stereocenters. The second kappa shape index (κ2) is 11.7. The zero-order valence-electron chi connectivity index (χ0n) is 15.7. The zero-order valence-corrected chi connectivity index (χ0v) is 15.7. The van der Waals surface area contributed by atoms with Gasteiger partial charge in [0.25, 0.3) is 0 Å². The summed E-state index contributed by atoms with van der Waals surface area (Å²) in [6.45, 7) is 10.6. The average Bonchev–Trinajstić information content (AvgIpc) is 2.67. The minimum atomic E-state index is 0.622. The van der Waals surface area contributed by atoms with E-state index >= 15 is 0 Å². The number of likely N-dealkylation sites (N-methyl/N-ethyl adjacent to an activating group) is 1. The highest BCUT2D eigenvalue weighted by molar-refractivity contribution is 5.24. The van der Waals surface area contributed by atoms with E-state index in [1.54, 1.807) is 0 Å². The maximum atomic E-state index is 5.78. The van der Waals surface area contributed by atoms with Gasteiger partial charge in [0.05, 0.1) is 0 Å². The maximum Gasteiger partial charge on any atom is 0.119 e.